The summed E-state index contributed by atoms with van der Waals surface area (Å²) in [7, 11) is 1.75. The first kappa shape index (κ1) is 24.3. The van der Waals surface area contributed by atoms with Crippen LogP contribution in [0.2, 0.25) is 0 Å². The number of pyridine rings is 2. The third-order valence-corrected chi connectivity index (χ3v) is 9.69. The van der Waals surface area contributed by atoms with Crippen molar-refractivity contribution in [3.05, 3.63) is 47.4 Å². The van der Waals surface area contributed by atoms with Crippen molar-refractivity contribution in [1.82, 2.24) is 24.1 Å². The summed E-state index contributed by atoms with van der Waals surface area (Å²) >= 11 is 0. The Morgan fingerprint density at radius 3 is 2.67 bits per heavy atom. The normalized spacial score (nSPS) is 24.6. The Labute approximate surface area is 231 Å². The van der Waals surface area contributed by atoms with Crippen LogP contribution < -0.4 is 10.6 Å². The van der Waals surface area contributed by atoms with Gasteiger partial charge in [-0.3, -0.25) is 4.79 Å². The molecule has 2 saturated heterocycles. The molecule has 4 fully saturated rings. The van der Waals surface area contributed by atoms with Crippen molar-refractivity contribution in [2.24, 2.45) is 17.6 Å². The number of hydrogen-bond donors (Lipinski definition) is 1. The molecule has 2 N–H and O–H groups in total. The van der Waals surface area contributed by atoms with E-state index in [0.717, 1.165) is 60.6 Å². The van der Waals surface area contributed by atoms with Crippen LogP contribution >= 0.6 is 0 Å². The Morgan fingerprint density at radius 2 is 1.98 bits per heavy atom. The fourth-order valence-corrected chi connectivity index (χ4v) is 7.09. The van der Waals surface area contributed by atoms with Crippen LogP contribution in [-0.2, 0) is 11.3 Å². The predicted molar refractivity (Wildman–Crippen MR) is 150 cm³/mol. The first-order valence-corrected chi connectivity index (χ1v) is 14.4. The Kier molecular flexibility index (Phi) is 5.32. The van der Waals surface area contributed by atoms with E-state index >= 15 is 4.39 Å². The van der Waals surface area contributed by atoms with E-state index in [-0.39, 0.29) is 24.1 Å². The van der Waals surface area contributed by atoms with E-state index in [1.165, 1.54) is 18.9 Å². The number of nitrogens with zero attached hydrogens (tertiary/aromatic N) is 6. The highest BCUT2D eigenvalue weighted by Crippen LogP contribution is 2.39. The summed E-state index contributed by atoms with van der Waals surface area (Å²) in [5, 5.41) is 5.91. The van der Waals surface area contributed by atoms with Gasteiger partial charge in [-0.2, -0.15) is 5.10 Å². The number of aryl methyl sites for hydroxylation is 1. The zero-order valence-electron chi connectivity index (χ0n) is 22.9. The summed E-state index contributed by atoms with van der Waals surface area (Å²) in [4.78, 5) is 22.6. The van der Waals surface area contributed by atoms with Gasteiger partial charge in [0.2, 0.25) is 0 Å². The van der Waals surface area contributed by atoms with E-state index in [4.69, 9.17) is 20.6 Å². The number of piperidine rings is 1. The molecule has 9 nitrogen and oxygen atoms in total. The molecule has 2 aliphatic heterocycles. The van der Waals surface area contributed by atoms with Gasteiger partial charge in [0.1, 0.15) is 28.5 Å². The lowest BCUT2D eigenvalue weighted by atomic mass is 10.1. The predicted octanol–water partition coefficient (Wildman–Crippen LogP) is 3.61. The molecule has 2 saturated carbocycles. The van der Waals surface area contributed by atoms with Crippen LogP contribution in [0.4, 0.5) is 10.2 Å². The molecule has 0 radical (unpaired) electrons. The molecule has 4 aliphatic rings. The van der Waals surface area contributed by atoms with Gasteiger partial charge < -0.3 is 24.8 Å². The molecular formula is C30H34FN7O2. The second-order valence-corrected chi connectivity index (χ2v) is 12.2. The number of likely N-dealkylation sites (tertiary alicyclic amines) is 1. The number of carbonyl (C=O) groups excluding carboxylic acids is 1. The van der Waals surface area contributed by atoms with Crippen molar-refractivity contribution in [3.63, 3.8) is 0 Å². The van der Waals surface area contributed by atoms with Gasteiger partial charge in [-0.15, -0.1) is 0 Å². The maximum Gasteiger partial charge on any atom is 0.255 e. The van der Waals surface area contributed by atoms with Crippen molar-refractivity contribution in [2.75, 3.05) is 31.6 Å². The number of methoxy groups -OCH3 is 1. The minimum Gasteiger partial charge on any atom is -0.378 e. The molecular weight excluding hydrogens is 509 g/mol. The van der Waals surface area contributed by atoms with Gasteiger partial charge in [-0.05, 0) is 68.7 Å². The quantitative estimate of drug-likeness (QED) is 0.400. The molecule has 40 heavy (non-hydrogen) atoms. The second kappa shape index (κ2) is 8.75. The van der Waals surface area contributed by atoms with Crippen molar-refractivity contribution in [1.29, 1.82) is 0 Å². The number of amides is 1. The fraction of sp³-hybridized carbons (Fsp3) is 0.500. The van der Waals surface area contributed by atoms with Crippen molar-refractivity contribution >= 4 is 28.3 Å². The monoisotopic (exact) mass is 543 g/mol. The minimum absolute atomic E-state index is 0.0149. The molecule has 0 aromatic carbocycles. The lowest BCUT2D eigenvalue weighted by molar-refractivity contribution is 0.0699. The third-order valence-electron chi connectivity index (χ3n) is 9.69. The number of halogens is 1. The zero-order valence-corrected chi connectivity index (χ0v) is 22.9. The molecule has 10 heteroatoms. The van der Waals surface area contributed by atoms with E-state index < -0.39 is 5.82 Å². The highest BCUT2D eigenvalue weighted by atomic mass is 19.1. The Hall–Kier alpha value is -3.50. The van der Waals surface area contributed by atoms with E-state index in [9.17, 15) is 4.79 Å². The largest absolute Gasteiger partial charge is 0.378 e. The second-order valence-electron chi connectivity index (χ2n) is 12.2. The molecule has 4 aromatic heterocycles. The molecule has 208 valence electrons. The van der Waals surface area contributed by atoms with Gasteiger partial charge in [0, 0.05) is 62.5 Å². The highest BCUT2D eigenvalue weighted by molar-refractivity contribution is 5.95. The van der Waals surface area contributed by atoms with E-state index in [1.807, 2.05) is 11.8 Å². The number of anilines is 1. The number of carbonyl (C=O) groups is 1. The summed E-state index contributed by atoms with van der Waals surface area (Å²) < 4.78 is 24.9. The Bertz CT molecular complexity index is 1670. The van der Waals surface area contributed by atoms with Crippen LogP contribution in [-0.4, -0.2) is 74.9 Å². The average molecular weight is 544 g/mol. The first-order valence-electron chi connectivity index (χ1n) is 14.4. The molecule has 1 amide bonds. The number of rotatable bonds is 6. The first-order chi connectivity index (χ1) is 19.4. The van der Waals surface area contributed by atoms with Crippen molar-refractivity contribution in [3.8, 4) is 11.4 Å². The van der Waals surface area contributed by atoms with E-state index in [2.05, 4.69) is 27.7 Å². The maximum absolute atomic E-state index is 15.6. The summed E-state index contributed by atoms with van der Waals surface area (Å²) in [5.74, 6) is 1.29. The Balaban J connectivity index is 1.19. The van der Waals surface area contributed by atoms with Crippen molar-refractivity contribution < 1.29 is 13.9 Å². The van der Waals surface area contributed by atoms with Gasteiger partial charge in [-0.1, -0.05) is 0 Å². The minimum atomic E-state index is -0.438. The maximum atomic E-state index is 15.6. The Morgan fingerprint density at radius 1 is 1.15 bits per heavy atom. The van der Waals surface area contributed by atoms with Gasteiger partial charge in [0.25, 0.3) is 5.91 Å². The summed E-state index contributed by atoms with van der Waals surface area (Å²) in [6.07, 6.45) is 6.30. The standard InChI is InChI=1S/C30H34FN7O2/c1-16-27(34-38-13-20(9-22(31)28(16)38)30(39)37-12-19-5-7-23(37)26(19)32)24-10-18-6-8-25(35-14-21(15-35)40-2)33-29(18)36(24)11-17-3-4-17/h6,8-10,13,17,19,21,23,26H,3-5,7,11-12,14-15,32H2,1-2H3/t19?,23?,26-/m1/s1. The number of aromatic nitrogens is 4. The molecule has 0 spiro atoms. The number of hydrogen-bond acceptors (Lipinski definition) is 6. The topological polar surface area (TPSA) is 93.9 Å². The molecule has 2 unspecified atom stereocenters. The molecule has 3 atom stereocenters. The lowest BCUT2D eigenvalue weighted by Gasteiger charge is -2.39. The van der Waals surface area contributed by atoms with Crippen LogP contribution in [0.5, 0.6) is 0 Å². The van der Waals surface area contributed by atoms with Gasteiger partial charge in [-0.25, -0.2) is 13.9 Å². The van der Waals surface area contributed by atoms with Crippen LogP contribution in [0.3, 0.4) is 0 Å². The van der Waals surface area contributed by atoms with Crippen LogP contribution in [0.1, 0.15) is 41.6 Å². The van der Waals surface area contributed by atoms with Crippen LogP contribution in [0.15, 0.2) is 30.5 Å². The summed E-state index contributed by atoms with van der Waals surface area (Å²) in [6, 6.07) is 7.71. The number of ether oxygens (including phenoxy) is 1. The summed E-state index contributed by atoms with van der Waals surface area (Å²) in [5.41, 5.74) is 10.4. The molecule has 2 aliphatic carbocycles. The van der Waals surface area contributed by atoms with E-state index in [0.29, 0.717) is 35.2 Å². The molecule has 8 rings (SSSR count). The van der Waals surface area contributed by atoms with Crippen LogP contribution in [0, 0.1) is 24.6 Å². The van der Waals surface area contributed by atoms with Gasteiger partial charge in [0.05, 0.1) is 17.4 Å². The highest BCUT2D eigenvalue weighted by Gasteiger charge is 2.47. The fourth-order valence-electron chi connectivity index (χ4n) is 7.09. The molecule has 4 aromatic rings. The zero-order chi connectivity index (χ0) is 27.3. The van der Waals surface area contributed by atoms with Crippen molar-refractivity contribution in [2.45, 2.75) is 57.3 Å². The SMILES string of the molecule is COC1CN(c2ccc3cc(-c4nn5cc(C(=O)N6CC7CCC6[C@@H]7N)cc(F)c5c4C)n(CC4CC4)c3n2)C1. The number of fused-ring (bicyclic) bond motifs is 4. The molecule has 2 bridgehead atoms. The lowest BCUT2D eigenvalue weighted by Crippen LogP contribution is -2.52. The van der Waals surface area contributed by atoms with Gasteiger partial charge >= 0.3 is 0 Å². The van der Waals surface area contributed by atoms with E-state index in [1.54, 1.807) is 17.8 Å². The summed E-state index contributed by atoms with van der Waals surface area (Å²) in [6.45, 7) is 5.08. The van der Waals surface area contributed by atoms with Gasteiger partial charge in [0.15, 0.2) is 0 Å². The molecule has 6 heterocycles. The smallest absolute Gasteiger partial charge is 0.255 e. The number of nitrogens with two attached hydrogens (primary N) is 1. The average Bonchev–Trinajstić information content (AvgIpc) is 3.32. The van der Waals surface area contributed by atoms with Crippen LogP contribution in [0.25, 0.3) is 27.9 Å². The third kappa shape index (κ3) is 3.61.